The van der Waals surface area contributed by atoms with Crippen LogP contribution in [-0.4, -0.2) is 0 Å². The Morgan fingerprint density at radius 1 is 0.565 bits per heavy atom. The predicted octanol–water partition coefficient (Wildman–Crippen LogP) is 5.37. The van der Waals surface area contributed by atoms with Crippen molar-refractivity contribution in [2.75, 3.05) is 0 Å². The van der Waals surface area contributed by atoms with E-state index in [0.29, 0.717) is 5.56 Å². The second kappa shape index (κ2) is 4.95. The third kappa shape index (κ3) is 1.90. The standard InChI is InChI=1S/C21H24O2/c1-9-10(2)14(6)20-17(11(9)3)15(7)18-12(4)13(5)19(22)16(8)21(18)23-20/h1-8H3. The van der Waals surface area contributed by atoms with E-state index in [4.69, 9.17) is 4.42 Å². The van der Waals surface area contributed by atoms with E-state index in [-0.39, 0.29) is 5.43 Å². The monoisotopic (exact) mass is 308 g/mol. The van der Waals surface area contributed by atoms with E-state index in [2.05, 4.69) is 34.6 Å². The maximum atomic E-state index is 12.5. The van der Waals surface area contributed by atoms with Gasteiger partial charge in [-0.05, 0) is 88.8 Å². The quantitative estimate of drug-likeness (QED) is 0.523. The van der Waals surface area contributed by atoms with Crippen LogP contribution in [0.5, 0.6) is 0 Å². The minimum absolute atomic E-state index is 0.0932. The first kappa shape index (κ1) is 15.8. The number of hydrogen-bond donors (Lipinski definition) is 0. The van der Waals surface area contributed by atoms with E-state index in [0.717, 1.165) is 33.6 Å². The van der Waals surface area contributed by atoms with Gasteiger partial charge in [-0.1, -0.05) is 0 Å². The Hall–Kier alpha value is -2.09. The number of benzene rings is 2. The van der Waals surface area contributed by atoms with Crippen molar-refractivity contribution in [3.05, 3.63) is 54.7 Å². The number of hydrogen-bond acceptors (Lipinski definition) is 2. The highest BCUT2D eigenvalue weighted by Gasteiger charge is 2.24. The molecule has 1 aromatic carbocycles. The van der Waals surface area contributed by atoms with Gasteiger partial charge in [0.05, 0.1) is 0 Å². The van der Waals surface area contributed by atoms with Gasteiger partial charge in [0.15, 0.2) is 5.43 Å². The number of aryl methyl sites for hydroxylation is 3. The van der Waals surface area contributed by atoms with E-state index in [1.807, 2.05) is 20.8 Å². The van der Waals surface area contributed by atoms with E-state index in [1.165, 1.54) is 27.6 Å². The zero-order valence-electron chi connectivity index (χ0n) is 15.3. The largest absolute Gasteiger partial charge is 0.455 e. The van der Waals surface area contributed by atoms with Crippen LogP contribution < -0.4 is 5.43 Å². The summed E-state index contributed by atoms with van der Waals surface area (Å²) in [6, 6.07) is 0. The second-order valence-electron chi connectivity index (χ2n) is 6.84. The van der Waals surface area contributed by atoms with E-state index >= 15 is 0 Å². The van der Waals surface area contributed by atoms with Crippen LogP contribution in [0.1, 0.15) is 44.5 Å². The molecule has 23 heavy (non-hydrogen) atoms. The molecule has 0 radical (unpaired) electrons. The Morgan fingerprint density at radius 2 is 1.13 bits per heavy atom. The van der Waals surface area contributed by atoms with Gasteiger partial charge < -0.3 is 4.42 Å². The molecule has 0 amide bonds. The van der Waals surface area contributed by atoms with Gasteiger partial charge in [-0.3, -0.25) is 4.79 Å². The van der Waals surface area contributed by atoms with Crippen LogP contribution in [-0.2, 0) is 0 Å². The lowest BCUT2D eigenvalue weighted by atomic mass is 9.87. The molecule has 3 rings (SSSR count). The highest BCUT2D eigenvalue weighted by atomic mass is 16.3. The van der Waals surface area contributed by atoms with Crippen molar-refractivity contribution < 1.29 is 4.42 Å². The first-order chi connectivity index (χ1) is 10.7. The van der Waals surface area contributed by atoms with Crippen LogP contribution >= 0.6 is 0 Å². The van der Waals surface area contributed by atoms with E-state index in [9.17, 15) is 4.79 Å². The molecule has 0 bridgehead atoms. The highest BCUT2D eigenvalue weighted by Crippen LogP contribution is 2.41. The first-order valence-corrected chi connectivity index (χ1v) is 8.11. The molecule has 120 valence electrons. The van der Waals surface area contributed by atoms with E-state index in [1.54, 1.807) is 0 Å². The molecule has 0 fully saturated rings. The van der Waals surface area contributed by atoms with Crippen molar-refractivity contribution in [2.24, 2.45) is 0 Å². The maximum Gasteiger partial charge on any atom is 0.188 e. The highest BCUT2D eigenvalue weighted by molar-refractivity contribution is 5.95. The number of fused-ring (bicyclic) bond motifs is 2. The summed E-state index contributed by atoms with van der Waals surface area (Å²) >= 11 is 0. The van der Waals surface area contributed by atoms with Gasteiger partial charge in [0.1, 0.15) is 11.3 Å². The minimum atomic E-state index is 0.0932. The lowest BCUT2D eigenvalue weighted by Gasteiger charge is -2.22. The predicted molar refractivity (Wildman–Crippen MR) is 97.0 cm³/mol. The Morgan fingerprint density at radius 3 is 1.74 bits per heavy atom. The summed E-state index contributed by atoms with van der Waals surface area (Å²) in [5, 5.41) is 1.19. The van der Waals surface area contributed by atoms with Gasteiger partial charge in [-0.2, -0.15) is 0 Å². The molecule has 1 aliphatic heterocycles. The van der Waals surface area contributed by atoms with Crippen LogP contribution in [0.15, 0.2) is 9.21 Å². The van der Waals surface area contributed by atoms with Gasteiger partial charge >= 0.3 is 0 Å². The van der Waals surface area contributed by atoms with E-state index < -0.39 is 0 Å². The van der Waals surface area contributed by atoms with Gasteiger partial charge in [-0.25, -0.2) is 0 Å². The summed E-state index contributed by atoms with van der Waals surface area (Å²) in [4.78, 5) is 12.5. The molecular weight excluding hydrogens is 284 g/mol. The maximum absolute atomic E-state index is 12.5. The van der Waals surface area contributed by atoms with Crippen LogP contribution in [0.3, 0.4) is 0 Å². The second-order valence-corrected chi connectivity index (χ2v) is 6.84. The van der Waals surface area contributed by atoms with Crippen LogP contribution in [0.4, 0.5) is 0 Å². The van der Waals surface area contributed by atoms with Gasteiger partial charge in [0.25, 0.3) is 0 Å². The van der Waals surface area contributed by atoms with Crippen LogP contribution in [0, 0.1) is 55.4 Å². The molecule has 0 unspecified atom stereocenters. The van der Waals surface area contributed by atoms with Gasteiger partial charge in [0, 0.05) is 22.1 Å². The van der Waals surface area contributed by atoms with Crippen molar-refractivity contribution in [3.63, 3.8) is 0 Å². The zero-order valence-corrected chi connectivity index (χ0v) is 15.3. The fourth-order valence-electron chi connectivity index (χ4n) is 3.76. The lowest BCUT2D eigenvalue weighted by molar-refractivity contribution is 0.608. The van der Waals surface area contributed by atoms with Crippen LogP contribution in [0.2, 0.25) is 0 Å². The topological polar surface area (TPSA) is 30.2 Å². The Labute approximate surface area is 137 Å². The molecule has 2 nitrogen and oxygen atoms in total. The lowest BCUT2D eigenvalue weighted by Crippen LogP contribution is -2.15. The Balaban J connectivity index is 2.74. The molecule has 0 saturated carbocycles. The molecule has 0 aromatic heterocycles. The van der Waals surface area contributed by atoms with Crippen molar-refractivity contribution >= 4 is 11.0 Å². The SMILES string of the molecule is Cc1c2c(C)c3c(C)c(C)c(C)c(C)c3oc-2c(C)c(=O)c1C. The molecule has 0 atom stereocenters. The smallest absolute Gasteiger partial charge is 0.188 e. The molecule has 0 saturated heterocycles. The zero-order chi connectivity index (χ0) is 17.2. The molecule has 0 spiro atoms. The van der Waals surface area contributed by atoms with Crippen molar-refractivity contribution in [3.8, 4) is 11.3 Å². The third-order valence-corrected chi connectivity index (χ3v) is 5.77. The molecule has 0 N–H and O–H groups in total. The van der Waals surface area contributed by atoms with Crippen molar-refractivity contribution in [2.45, 2.75) is 55.4 Å². The minimum Gasteiger partial charge on any atom is -0.455 e. The Kier molecular flexibility index (Phi) is 3.40. The normalized spacial score (nSPS) is 11.7. The molecule has 2 aliphatic rings. The third-order valence-electron chi connectivity index (χ3n) is 5.77. The summed E-state index contributed by atoms with van der Waals surface area (Å²) < 4.78 is 6.32. The molecule has 1 aliphatic carbocycles. The van der Waals surface area contributed by atoms with Gasteiger partial charge in [0.2, 0.25) is 0 Å². The molecular formula is C21H24O2. The average Bonchev–Trinajstić information content (AvgIpc) is 2.53. The fourth-order valence-corrected chi connectivity index (χ4v) is 3.76. The molecule has 2 heteroatoms. The fraction of sp³-hybridized carbons (Fsp3) is 0.381. The van der Waals surface area contributed by atoms with Crippen LogP contribution in [0.25, 0.3) is 22.3 Å². The average molecular weight is 308 g/mol. The summed E-state index contributed by atoms with van der Waals surface area (Å²) in [6.45, 7) is 16.5. The summed E-state index contributed by atoms with van der Waals surface area (Å²) in [7, 11) is 0. The first-order valence-electron chi connectivity index (χ1n) is 8.11. The molecule has 1 aromatic rings. The summed E-state index contributed by atoms with van der Waals surface area (Å²) in [5.41, 5.74) is 10.9. The van der Waals surface area contributed by atoms with Crippen molar-refractivity contribution in [1.82, 2.24) is 0 Å². The Bertz CT molecular complexity index is 1000. The van der Waals surface area contributed by atoms with Gasteiger partial charge in [-0.15, -0.1) is 0 Å². The number of rotatable bonds is 0. The summed E-state index contributed by atoms with van der Waals surface area (Å²) in [6.07, 6.45) is 0. The molecule has 1 heterocycles. The van der Waals surface area contributed by atoms with Crippen molar-refractivity contribution in [1.29, 1.82) is 0 Å². The summed E-state index contributed by atoms with van der Waals surface area (Å²) in [5.74, 6) is 0.744.